The van der Waals surface area contributed by atoms with E-state index in [2.05, 4.69) is 16.0 Å². The van der Waals surface area contributed by atoms with Crippen molar-refractivity contribution < 1.29 is 18.4 Å². The fraction of sp³-hybridized carbons (Fsp3) is 0.500. The van der Waals surface area contributed by atoms with Crippen molar-refractivity contribution in [2.24, 2.45) is 11.8 Å². The summed E-state index contributed by atoms with van der Waals surface area (Å²) in [4.78, 5) is 25.4. The van der Waals surface area contributed by atoms with Gasteiger partial charge in [0.25, 0.3) is 0 Å². The normalized spacial score (nSPS) is 26.9. The summed E-state index contributed by atoms with van der Waals surface area (Å²) in [5.74, 6) is -2.92. The quantitative estimate of drug-likeness (QED) is 0.527. The first-order chi connectivity index (χ1) is 13.2. The monoisotopic (exact) mass is 411 g/mol. The molecule has 0 saturated carbocycles. The van der Waals surface area contributed by atoms with E-state index in [9.17, 15) is 18.4 Å². The van der Waals surface area contributed by atoms with Crippen molar-refractivity contribution in [3.8, 4) is 0 Å². The molecule has 1 saturated heterocycles. The molecular weight excluding hydrogens is 388 g/mol. The van der Waals surface area contributed by atoms with Gasteiger partial charge in [-0.05, 0) is 39.8 Å². The molecule has 5 atom stereocenters. The molecule has 0 spiro atoms. The maximum absolute atomic E-state index is 14.0. The van der Waals surface area contributed by atoms with Crippen molar-refractivity contribution in [3.63, 3.8) is 0 Å². The van der Waals surface area contributed by atoms with Crippen LogP contribution in [-0.4, -0.2) is 29.9 Å². The SMILES string of the molecule is CC1=C([C@@H](C)C(=O)N[C@@H](C)c2ccc(F)cc2F)C(=O)NC2CCNC(Cl)C12. The Hall–Kier alpha value is -1.99. The predicted molar refractivity (Wildman–Crippen MR) is 102 cm³/mol. The van der Waals surface area contributed by atoms with E-state index in [0.29, 0.717) is 5.57 Å². The predicted octanol–water partition coefficient (Wildman–Crippen LogP) is 2.77. The Labute approximate surface area is 167 Å². The molecule has 0 aliphatic carbocycles. The lowest BCUT2D eigenvalue weighted by molar-refractivity contribution is -0.127. The van der Waals surface area contributed by atoms with Gasteiger partial charge >= 0.3 is 0 Å². The number of halogens is 3. The fourth-order valence-electron chi connectivity index (χ4n) is 4.11. The number of carbonyl (C=O) groups is 2. The van der Waals surface area contributed by atoms with Crippen molar-refractivity contribution in [2.45, 2.75) is 44.8 Å². The highest BCUT2D eigenvalue weighted by molar-refractivity contribution is 6.21. The maximum atomic E-state index is 14.0. The van der Waals surface area contributed by atoms with Gasteiger partial charge in [0, 0.05) is 29.2 Å². The number of rotatable bonds is 4. The van der Waals surface area contributed by atoms with Gasteiger partial charge in [-0.15, -0.1) is 11.6 Å². The number of piperidine rings is 1. The van der Waals surface area contributed by atoms with Crippen LogP contribution < -0.4 is 16.0 Å². The van der Waals surface area contributed by atoms with Crippen LogP contribution in [-0.2, 0) is 9.59 Å². The van der Waals surface area contributed by atoms with E-state index in [4.69, 9.17) is 11.6 Å². The van der Waals surface area contributed by atoms with Gasteiger partial charge in [-0.25, -0.2) is 8.78 Å². The largest absolute Gasteiger partial charge is 0.349 e. The second kappa shape index (κ2) is 8.17. The molecule has 5 nitrogen and oxygen atoms in total. The molecule has 3 N–H and O–H groups in total. The topological polar surface area (TPSA) is 70.2 Å². The second-order valence-corrected chi connectivity index (χ2v) is 7.93. The second-order valence-electron chi connectivity index (χ2n) is 7.46. The Morgan fingerprint density at radius 3 is 2.71 bits per heavy atom. The molecule has 3 unspecified atom stereocenters. The Balaban J connectivity index is 1.80. The first-order valence-corrected chi connectivity index (χ1v) is 9.78. The lowest BCUT2D eigenvalue weighted by atomic mass is 9.78. The minimum absolute atomic E-state index is 0.0532. The molecule has 0 bridgehead atoms. The van der Waals surface area contributed by atoms with Crippen LogP contribution in [0, 0.1) is 23.5 Å². The van der Waals surface area contributed by atoms with Crippen molar-refractivity contribution in [1.29, 1.82) is 0 Å². The fourth-order valence-corrected chi connectivity index (χ4v) is 4.59. The van der Waals surface area contributed by atoms with Crippen LogP contribution in [0.2, 0.25) is 0 Å². The molecule has 0 radical (unpaired) electrons. The maximum Gasteiger partial charge on any atom is 0.248 e. The highest BCUT2D eigenvalue weighted by Gasteiger charge is 2.42. The van der Waals surface area contributed by atoms with E-state index < -0.39 is 29.5 Å². The Kier molecular flexibility index (Phi) is 6.05. The highest BCUT2D eigenvalue weighted by atomic mass is 35.5. The zero-order valence-corrected chi connectivity index (χ0v) is 16.7. The number of hydrogen-bond donors (Lipinski definition) is 3. The van der Waals surface area contributed by atoms with E-state index in [1.807, 2.05) is 6.92 Å². The van der Waals surface area contributed by atoms with Gasteiger partial charge in [-0.1, -0.05) is 11.6 Å². The van der Waals surface area contributed by atoms with Gasteiger partial charge in [0.15, 0.2) is 0 Å². The number of hydrogen-bond acceptors (Lipinski definition) is 3. The van der Waals surface area contributed by atoms with Crippen LogP contribution in [0.1, 0.15) is 38.8 Å². The average molecular weight is 412 g/mol. The number of fused-ring (bicyclic) bond motifs is 1. The summed E-state index contributed by atoms with van der Waals surface area (Å²) in [6.45, 7) is 5.80. The zero-order chi connectivity index (χ0) is 20.6. The highest BCUT2D eigenvalue weighted by Crippen LogP contribution is 2.35. The van der Waals surface area contributed by atoms with Crippen LogP contribution in [0.5, 0.6) is 0 Å². The molecule has 28 heavy (non-hydrogen) atoms. The van der Waals surface area contributed by atoms with E-state index in [0.717, 1.165) is 30.7 Å². The van der Waals surface area contributed by atoms with Gasteiger partial charge in [0.1, 0.15) is 11.6 Å². The van der Waals surface area contributed by atoms with E-state index in [1.54, 1.807) is 13.8 Å². The summed E-state index contributed by atoms with van der Waals surface area (Å²) in [7, 11) is 0. The summed E-state index contributed by atoms with van der Waals surface area (Å²) in [6.07, 6.45) is 0.770. The zero-order valence-electron chi connectivity index (χ0n) is 16.0. The number of alkyl halides is 1. The minimum atomic E-state index is -0.738. The van der Waals surface area contributed by atoms with Crippen molar-refractivity contribution in [1.82, 2.24) is 16.0 Å². The lowest BCUT2D eigenvalue weighted by Crippen LogP contribution is -2.57. The summed E-state index contributed by atoms with van der Waals surface area (Å²) >= 11 is 6.41. The van der Waals surface area contributed by atoms with Crippen molar-refractivity contribution >= 4 is 23.4 Å². The van der Waals surface area contributed by atoms with E-state index in [-0.39, 0.29) is 28.9 Å². The van der Waals surface area contributed by atoms with Gasteiger partial charge in [0.05, 0.1) is 17.5 Å². The smallest absolute Gasteiger partial charge is 0.248 e. The van der Waals surface area contributed by atoms with Crippen LogP contribution in [0.25, 0.3) is 0 Å². The minimum Gasteiger partial charge on any atom is -0.349 e. The van der Waals surface area contributed by atoms with Crippen LogP contribution >= 0.6 is 11.6 Å². The molecular formula is C20H24ClF2N3O2. The van der Waals surface area contributed by atoms with E-state index >= 15 is 0 Å². The third-order valence-corrected chi connectivity index (χ3v) is 6.07. The van der Waals surface area contributed by atoms with Gasteiger partial charge in [-0.3, -0.25) is 9.59 Å². The Bertz CT molecular complexity index is 830. The Morgan fingerprint density at radius 2 is 2.04 bits per heavy atom. The summed E-state index contributed by atoms with van der Waals surface area (Å²) in [5, 5.41) is 8.86. The average Bonchev–Trinajstić information content (AvgIpc) is 2.61. The molecule has 152 valence electrons. The molecule has 1 fully saturated rings. The summed E-state index contributed by atoms with van der Waals surface area (Å²) < 4.78 is 27.1. The lowest BCUT2D eigenvalue weighted by Gasteiger charge is -2.42. The third-order valence-electron chi connectivity index (χ3n) is 5.64. The first-order valence-electron chi connectivity index (χ1n) is 9.35. The van der Waals surface area contributed by atoms with Crippen LogP contribution in [0.15, 0.2) is 29.3 Å². The summed E-state index contributed by atoms with van der Waals surface area (Å²) in [6, 6.07) is 2.49. The number of carbonyl (C=O) groups excluding carboxylic acids is 2. The van der Waals surface area contributed by atoms with Gasteiger partial charge < -0.3 is 16.0 Å². The van der Waals surface area contributed by atoms with Crippen LogP contribution in [0.4, 0.5) is 8.78 Å². The van der Waals surface area contributed by atoms with E-state index in [1.165, 1.54) is 6.07 Å². The molecule has 8 heteroatoms. The molecule has 2 heterocycles. The first kappa shape index (κ1) is 20.7. The molecule has 1 aromatic carbocycles. The summed E-state index contributed by atoms with van der Waals surface area (Å²) in [5.41, 5.74) is 1.04. The van der Waals surface area contributed by atoms with Crippen LogP contribution in [0.3, 0.4) is 0 Å². The van der Waals surface area contributed by atoms with Crippen molar-refractivity contribution in [2.75, 3.05) is 6.54 Å². The molecule has 2 aliphatic heterocycles. The molecule has 2 aliphatic rings. The van der Waals surface area contributed by atoms with Gasteiger partial charge in [-0.2, -0.15) is 0 Å². The van der Waals surface area contributed by atoms with Gasteiger partial charge in [0.2, 0.25) is 11.8 Å². The molecule has 0 aromatic heterocycles. The van der Waals surface area contributed by atoms with Crippen molar-refractivity contribution in [3.05, 3.63) is 46.5 Å². The standard InChI is InChI=1S/C20H24ClF2N3O2/c1-9-16(20(28)26-15-6-7-24-18(21)17(9)15)10(2)19(27)25-11(3)13-5-4-12(22)8-14(13)23/h4-5,8,10-11,15,17-18,24H,6-7H2,1-3H3,(H,25,27)(H,26,28)/t10-,11+,15?,17?,18?/m1/s1. The Morgan fingerprint density at radius 1 is 1.32 bits per heavy atom. The molecule has 3 rings (SSSR count). The number of benzene rings is 1. The molecule has 2 amide bonds. The number of amides is 2. The third kappa shape index (κ3) is 3.91. The molecule has 1 aromatic rings. The number of nitrogens with one attached hydrogen (secondary N) is 3.